The van der Waals surface area contributed by atoms with Crippen LogP contribution in [0, 0.1) is 0 Å². The van der Waals surface area contributed by atoms with Crippen molar-refractivity contribution in [3.8, 4) is 0 Å². The summed E-state index contributed by atoms with van der Waals surface area (Å²) >= 11 is 0. The van der Waals surface area contributed by atoms with Crippen molar-refractivity contribution >= 4 is 24.4 Å². The molecule has 0 bridgehead atoms. The molecular weight excluding hydrogens is 235 g/mol. The smallest absolute Gasteiger partial charge is 0.335 e. The Morgan fingerprint density at radius 3 is 1.94 bits per heavy atom. The first-order valence-electron chi connectivity index (χ1n) is 5.11. The van der Waals surface area contributed by atoms with Crippen LogP contribution in [0.25, 0.3) is 0 Å². The number of rotatable bonds is 3. The molecule has 17 heavy (non-hydrogen) atoms. The van der Waals surface area contributed by atoms with E-state index in [-0.39, 0.29) is 5.56 Å². The average molecular weight is 246 g/mol. The van der Waals surface area contributed by atoms with Crippen molar-refractivity contribution in [2.24, 2.45) is 0 Å². The molecular formula is C13H11O3P. The fourth-order valence-corrected chi connectivity index (χ4v) is 2.82. The number of benzene rings is 2. The van der Waals surface area contributed by atoms with Crippen LogP contribution in [0.4, 0.5) is 0 Å². The lowest BCUT2D eigenvalue weighted by Crippen LogP contribution is -2.07. The van der Waals surface area contributed by atoms with Gasteiger partial charge >= 0.3 is 5.97 Å². The molecule has 1 N–H and O–H groups in total. The first kappa shape index (κ1) is 11.6. The molecule has 86 valence electrons. The van der Waals surface area contributed by atoms with Gasteiger partial charge in [0.1, 0.15) is 7.80 Å². The van der Waals surface area contributed by atoms with E-state index >= 15 is 0 Å². The molecule has 0 fully saturated rings. The highest BCUT2D eigenvalue weighted by molar-refractivity contribution is 7.61. The lowest BCUT2D eigenvalue weighted by Gasteiger charge is -2.02. The van der Waals surface area contributed by atoms with Crippen LogP contribution in [0.1, 0.15) is 10.4 Å². The monoisotopic (exact) mass is 246 g/mol. The second kappa shape index (κ2) is 4.98. The Labute approximate surface area is 99.5 Å². The van der Waals surface area contributed by atoms with E-state index in [0.29, 0.717) is 5.30 Å². The minimum absolute atomic E-state index is 0.205. The highest BCUT2D eigenvalue weighted by Gasteiger charge is 2.07. The molecule has 0 spiro atoms. The summed E-state index contributed by atoms with van der Waals surface area (Å²) in [4.78, 5) is 10.7. The first-order valence-corrected chi connectivity index (χ1v) is 6.52. The van der Waals surface area contributed by atoms with Gasteiger partial charge in [-0.25, -0.2) is 4.79 Å². The second-order valence-corrected chi connectivity index (χ2v) is 5.39. The second-order valence-electron chi connectivity index (χ2n) is 3.58. The quantitative estimate of drug-likeness (QED) is 0.841. The molecule has 0 aliphatic carbocycles. The largest absolute Gasteiger partial charge is 0.478 e. The fraction of sp³-hybridized carbons (Fsp3) is 0. The Morgan fingerprint density at radius 1 is 0.882 bits per heavy atom. The number of carboxylic acids is 1. The van der Waals surface area contributed by atoms with Crippen LogP contribution in [-0.4, -0.2) is 11.1 Å². The minimum atomic E-state index is -2.03. The normalized spacial score (nSPS) is 12.0. The van der Waals surface area contributed by atoms with Gasteiger partial charge in [-0.3, -0.25) is 0 Å². The summed E-state index contributed by atoms with van der Waals surface area (Å²) in [5.41, 5.74) is 0.205. The third-order valence-corrected chi connectivity index (χ3v) is 4.15. The summed E-state index contributed by atoms with van der Waals surface area (Å²) in [5, 5.41) is 10.2. The average Bonchev–Trinajstić information content (AvgIpc) is 2.39. The van der Waals surface area contributed by atoms with E-state index in [1.807, 2.05) is 30.3 Å². The summed E-state index contributed by atoms with van der Waals surface area (Å²) in [7, 11) is -2.03. The number of carbonyl (C=O) groups is 1. The molecule has 0 saturated heterocycles. The van der Waals surface area contributed by atoms with E-state index in [4.69, 9.17) is 5.11 Å². The van der Waals surface area contributed by atoms with Crippen molar-refractivity contribution < 1.29 is 14.5 Å². The van der Waals surface area contributed by atoms with Gasteiger partial charge in [-0.1, -0.05) is 42.5 Å². The molecule has 0 heterocycles. The lowest BCUT2D eigenvalue weighted by atomic mass is 10.2. The molecule has 0 radical (unpaired) electrons. The van der Waals surface area contributed by atoms with Gasteiger partial charge in [0.15, 0.2) is 0 Å². The summed E-state index contributed by atoms with van der Waals surface area (Å²) in [6, 6.07) is 15.3. The van der Waals surface area contributed by atoms with Gasteiger partial charge in [0.25, 0.3) is 0 Å². The molecule has 2 aromatic carbocycles. The van der Waals surface area contributed by atoms with Crippen molar-refractivity contribution in [1.29, 1.82) is 0 Å². The highest BCUT2D eigenvalue weighted by Crippen LogP contribution is 2.19. The van der Waals surface area contributed by atoms with E-state index in [2.05, 4.69) is 0 Å². The SMILES string of the molecule is O=C(O)c1ccc([PH](=O)c2ccccc2)cc1. The summed E-state index contributed by atoms with van der Waals surface area (Å²) in [5.74, 6) is -0.976. The van der Waals surface area contributed by atoms with Crippen LogP contribution < -0.4 is 10.6 Å². The summed E-state index contributed by atoms with van der Waals surface area (Å²) in [6.45, 7) is 0. The van der Waals surface area contributed by atoms with Crippen molar-refractivity contribution in [2.45, 2.75) is 0 Å². The number of aromatic carboxylic acids is 1. The maximum Gasteiger partial charge on any atom is 0.335 e. The third kappa shape index (κ3) is 2.63. The Balaban J connectivity index is 2.30. The van der Waals surface area contributed by atoms with Crippen LogP contribution in [-0.2, 0) is 4.57 Å². The van der Waals surface area contributed by atoms with Crippen molar-refractivity contribution in [2.75, 3.05) is 0 Å². The molecule has 0 aliphatic heterocycles. The predicted molar refractivity (Wildman–Crippen MR) is 68.1 cm³/mol. The summed E-state index contributed by atoms with van der Waals surface area (Å²) in [6.07, 6.45) is 0. The Hall–Kier alpha value is -1.86. The Morgan fingerprint density at radius 2 is 1.41 bits per heavy atom. The zero-order chi connectivity index (χ0) is 12.3. The van der Waals surface area contributed by atoms with E-state index < -0.39 is 13.8 Å². The lowest BCUT2D eigenvalue weighted by molar-refractivity contribution is 0.0697. The minimum Gasteiger partial charge on any atom is -0.478 e. The zero-order valence-electron chi connectivity index (χ0n) is 8.96. The molecule has 1 atom stereocenters. The number of hydrogen-bond acceptors (Lipinski definition) is 2. The Kier molecular flexibility index (Phi) is 3.40. The van der Waals surface area contributed by atoms with Gasteiger partial charge in [0.05, 0.1) is 5.56 Å². The van der Waals surface area contributed by atoms with Crippen LogP contribution in [0.15, 0.2) is 54.6 Å². The molecule has 0 amide bonds. The topological polar surface area (TPSA) is 54.4 Å². The molecule has 2 aromatic rings. The van der Waals surface area contributed by atoms with Crippen molar-refractivity contribution in [3.05, 3.63) is 60.2 Å². The van der Waals surface area contributed by atoms with Gasteiger partial charge in [0, 0.05) is 10.6 Å². The van der Waals surface area contributed by atoms with Crippen LogP contribution in [0.5, 0.6) is 0 Å². The van der Waals surface area contributed by atoms with Gasteiger partial charge in [-0.05, 0) is 12.1 Å². The maximum atomic E-state index is 12.2. The predicted octanol–water partition coefficient (Wildman–Crippen LogP) is 1.90. The van der Waals surface area contributed by atoms with Gasteiger partial charge in [-0.2, -0.15) is 0 Å². The van der Waals surface area contributed by atoms with Gasteiger partial charge in [-0.15, -0.1) is 0 Å². The van der Waals surface area contributed by atoms with E-state index in [1.54, 1.807) is 12.1 Å². The van der Waals surface area contributed by atoms with Crippen LogP contribution in [0.3, 0.4) is 0 Å². The summed E-state index contributed by atoms with van der Waals surface area (Å²) < 4.78 is 12.2. The molecule has 4 heteroatoms. The molecule has 0 aliphatic rings. The zero-order valence-corrected chi connectivity index (χ0v) is 9.96. The van der Waals surface area contributed by atoms with Crippen LogP contribution >= 0.6 is 7.80 Å². The van der Waals surface area contributed by atoms with Crippen molar-refractivity contribution in [3.63, 3.8) is 0 Å². The van der Waals surface area contributed by atoms with E-state index in [9.17, 15) is 9.36 Å². The molecule has 0 saturated carbocycles. The van der Waals surface area contributed by atoms with E-state index in [0.717, 1.165) is 5.30 Å². The van der Waals surface area contributed by atoms with Gasteiger partial charge < -0.3 is 9.67 Å². The fourth-order valence-electron chi connectivity index (χ4n) is 1.52. The highest BCUT2D eigenvalue weighted by atomic mass is 31.1. The Bertz CT molecular complexity index is 547. The molecule has 2 rings (SSSR count). The maximum absolute atomic E-state index is 12.2. The number of carboxylic acid groups (broad SMARTS) is 1. The van der Waals surface area contributed by atoms with E-state index in [1.165, 1.54) is 12.1 Å². The third-order valence-electron chi connectivity index (χ3n) is 2.43. The first-order chi connectivity index (χ1) is 8.18. The van der Waals surface area contributed by atoms with Gasteiger partial charge in [0.2, 0.25) is 0 Å². The molecule has 3 nitrogen and oxygen atoms in total. The van der Waals surface area contributed by atoms with Crippen LogP contribution in [0.2, 0.25) is 0 Å². The number of hydrogen-bond donors (Lipinski definition) is 1. The standard InChI is InChI=1S/C13H11O3P/c14-13(15)10-6-8-12(9-7-10)17(16)11-4-2-1-3-5-11/h1-9,17H,(H,14,15). The molecule has 1 unspecified atom stereocenters. The molecule has 0 aromatic heterocycles. The van der Waals surface area contributed by atoms with Crippen molar-refractivity contribution in [1.82, 2.24) is 0 Å².